The van der Waals surface area contributed by atoms with Gasteiger partial charge in [0, 0.05) is 12.0 Å². The van der Waals surface area contributed by atoms with E-state index in [0.29, 0.717) is 13.0 Å². The fraction of sp³-hybridized carbons (Fsp3) is 0.235. The second-order valence-electron chi connectivity index (χ2n) is 5.18. The van der Waals surface area contributed by atoms with Crippen LogP contribution in [0, 0.1) is 12.7 Å². The van der Waals surface area contributed by atoms with Crippen molar-refractivity contribution >= 4 is 5.91 Å². The monoisotopic (exact) mass is 285 g/mol. The minimum absolute atomic E-state index is 0.0737. The normalized spacial score (nSPS) is 16.8. The van der Waals surface area contributed by atoms with Crippen molar-refractivity contribution in [2.75, 3.05) is 6.61 Å². The lowest BCUT2D eigenvalue weighted by Crippen LogP contribution is -2.32. The highest BCUT2D eigenvalue weighted by molar-refractivity contribution is 5.94. The van der Waals surface area contributed by atoms with Crippen molar-refractivity contribution in [3.8, 4) is 5.75 Å². The third-order valence-corrected chi connectivity index (χ3v) is 3.63. The summed E-state index contributed by atoms with van der Waals surface area (Å²) in [5, 5.41) is 2.89. The van der Waals surface area contributed by atoms with Gasteiger partial charge in [0.1, 0.15) is 11.6 Å². The molecule has 1 unspecified atom stereocenters. The molecule has 21 heavy (non-hydrogen) atoms. The van der Waals surface area contributed by atoms with E-state index in [1.54, 1.807) is 13.0 Å². The smallest absolute Gasteiger partial charge is 0.254 e. The molecule has 4 heteroatoms. The Morgan fingerprint density at radius 3 is 2.90 bits per heavy atom. The van der Waals surface area contributed by atoms with Crippen molar-refractivity contribution in [3.63, 3.8) is 0 Å². The molecule has 1 N–H and O–H groups in total. The molecule has 0 saturated carbocycles. The van der Waals surface area contributed by atoms with Gasteiger partial charge in [-0.25, -0.2) is 4.39 Å². The molecule has 108 valence electrons. The fourth-order valence-electron chi connectivity index (χ4n) is 2.53. The summed E-state index contributed by atoms with van der Waals surface area (Å²) in [4.78, 5) is 12.3. The second-order valence-corrected chi connectivity index (χ2v) is 5.18. The third kappa shape index (κ3) is 2.75. The molecule has 0 saturated heterocycles. The van der Waals surface area contributed by atoms with E-state index in [0.717, 1.165) is 16.9 Å². The first-order chi connectivity index (χ1) is 10.1. The summed E-state index contributed by atoms with van der Waals surface area (Å²) in [6.07, 6.45) is 0.677. The number of hydrogen-bond donors (Lipinski definition) is 1. The van der Waals surface area contributed by atoms with Crippen molar-refractivity contribution < 1.29 is 13.9 Å². The quantitative estimate of drug-likeness (QED) is 0.918. The van der Waals surface area contributed by atoms with E-state index in [1.807, 2.05) is 24.3 Å². The Bertz CT molecular complexity index is 684. The lowest BCUT2D eigenvalue weighted by molar-refractivity contribution is 0.0920. The largest absolute Gasteiger partial charge is 0.493 e. The highest BCUT2D eigenvalue weighted by Crippen LogP contribution is 2.31. The fourth-order valence-corrected chi connectivity index (χ4v) is 2.53. The first-order valence-electron chi connectivity index (χ1n) is 6.94. The summed E-state index contributed by atoms with van der Waals surface area (Å²) in [5.74, 6) is -0.111. The van der Waals surface area contributed by atoms with Crippen LogP contribution in [0.1, 0.15) is 33.9 Å². The van der Waals surface area contributed by atoms with Crippen LogP contribution in [0.4, 0.5) is 4.39 Å². The summed E-state index contributed by atoms with van der Waals surface area (Å²) in [6, 6.07) is 12.1. The predicted molar refractivity (Wildman–Crippen MR) is 77.9 cm³/mol. The number of carbonyl (C=O) groups is 1. The van der Waals surface area contributed by atoms with Crippen LogP contribution < -0.4 is 10.1 Å². The molecule has 2 aromatic rings. The predicted octanol–water partition coefficient (Wildman–Crippen LogP) is 3.39. The molecule has 0 aliphatic carbocycles. The van der Waals surface area contributed by atoms with Gasteiger partial charge in [-0.15, -0.1) is 0 Å². The van der Waals surface area contributed by atoms with Gasteiger partial charge in [-0.2, -0.15) is 0 Å². The van der Waals surface area contributed by atoms with Crippen LogP contribution >= 0.6 is 0 Å². The number of amides is 1. The molecule has 3 nitrogen and oxygen atoms in total. The van der Waals surface area contributed by atoms with Crippen molar-refractivity contribution in [1.82, 2.24) is 5.32 Å². The van der Waals surface area contributed by atoms with E-state index < -0.39 is 11.7 Å². The minimum atomic E-state index is -0.493. The Balaban J connectivity index is 1.83. The molecular weight excluding hydrogens is 269 g/mol. The Kier molecular flexibility index (Phi) is 3.60. The van der Waals surface area contributed by atoms with Gasteiger partial charge in [0.05, 0.1) is 18.2 Å². The van der Waals surface area contributed by atoms with E-state index in [4.69, 9.17) is 4.74 Å². The lowest BCUT2D eigenvalue weighted by atomic mass is 10.00. The molecular formula is C17H16FNO2. The average molecular weight is 285 g/mol. The number of benzene rings is 2. The molecule has 0 radical (unpaired) electrons. The first kappa shape index (κ1) is 13.6. The molecule has 0 fully saturated rings. The standard InChI is InChI=1S/C17H16FNO2/c1-11-6-7-12(14(18)10-11)17(20)19-15-8-9-21-16-5-3-2-4-13(15)16/h2-7,10,15H,8-9H2,1H3,(H,19,20). The van der Waals surface area contributed by atoms with Crippen LogP contribution in [0.25, 0.3) is 0 Å². The van der Waals surface area contributed by atoms with Crippen LogP contribution in [0.15, 0.2) is 42.5 Å². The number of carbonyl (C=O) groups excluding carboxylic acids is 1. The van der Waals surface area contributed by atoms with E-state index >= 15 is 0 Å². The Morgan fingerprint density at radius 2 is 2.10 bits per heavy atom. The summed E-state index contributed by atoms with van der Waals surface area (Å²) in [7, 11) is 0. The third-order valence-electron chi connectivity index (χ3n) is 3.63. The van der Waals surface area contributed by atoms with Gasteiger partial charge in [0.2, 0.25) is 0 Å². The zero-order valence-corrected chi connectivity index (χ0v) is 11.7. The molecule has 0 aromatic heterocycles. The number of fused-ring (bicyclic) bond motifs is 1. The zero-order chi connectivity index (χ0) is 14.8. The number of aryl methyl sites for hydroxylation is 1. The highest BCUT2D eigenvalue weighted by atomic mass is 19.1. The maximum atomic E-state index is 13.9. The second kappa shape index (κ2) is 5.56. The number of hydrogen-bond acceptors (Lipinski definition) is 2. The van der Waals surface area contributed by atoms with Crippen molar-refractivity contribution in [3.05, 3.63) is 65.0 Å². The lowest BCUT2D eigenvalue weighted by Gasteiger charge is -2.26. The Hall–Kier alpha value is -2.36. The Morgan fingerprint density at radius 1 is 1.29 bits per heavy atom. The average Bonchev–Trinajstić information content (AvgIpc) is 2.47. The number of nitrogens with one attached hydrogen (secondary N) is 1. The Labute approximate surface area is 122 Å². The number of ether oxygens (including phenoxy) is 1. The molecule has 1 aliphatic heterocycles. The van der Waals surface area contributed by atoms with E-state index in [-0.39, 0.29) is 11.6 Å². The van der Waals surface area contributed by atoms with Crippen molar-refractivity contribution in [1.29, 1.82) is 0 Å². The number of halogens is 1. The zero-order valence-electron chi connectivity index (χ0n) is 11.7. The van der Waals surface area contributed by atoms with Crippen LogP contribution in [0.2, 0.25) is 0 Å². The molecule has 2 aromatic carbocycles. The molecule has 1 heterocycles. The summed E-state index contributed by atoms with van der Waals surface area (Å²) >= 11 is 0. The van der Waals surface area contributed by atoms with Crippen LogP contribution in [-0.4, -0.2) is 12.5 Å². The molecule has 1 amide bonds. The molecule has 0 bridgehead atoms. The maximum Gasteiger partial charge on any atom is 0.254 e. The summed E-state index contributed by atoms with van der Waals surface area (Å²) in [5.41, 5.74) is 1.80. The van der Waals surface area contributed by atoms with Crippen LogP contribution in [0.3, 0.4) is 0 Å². The van der Waals surface area contributed by atoms with Crippen molar-refractivity contribution in [2.24, 2.45) is 0 Å². The first-order valence-corrected chi connectivity index (χ1v) is 6.94. The van der Waals surface area contributed by atoms with Gasteiger partial charge >= 0.3 is 0 Å². The van der Waals surface area contributed by atoms with Gasteiger partial charge in [-0.05, 0) is 30.7 Å². The van der Waals surface area contributed by atoms with E-state index in [1.165, 1.54) is 12.1 Å². The van der Waals surface area contributed by atoms with Gasteiger partial charge in [-0.1, -0.05) is 24.3 Å². The molecule has 1 aliphatic rings. The summed E-state index contributed by atoms with van der Waals surface area (Å²) < 4.78 is 19.4. The molecule has 0 spiro atoms. The van der Waals surface area contributed by atoms with Gasteiger partial charge in [-0.3, -0.25) is 4.79 Å². The van der Waals surface area contributed by atoms with Gasteiger partial charge in [0.25, 0.3) is 5.91 Å². The minimum Gasteiger partial charge on any atom is -0.493 e. The van der Waals surface area contributed by atoms with E-state index in [9.17, 15) is 9.18 Å². The molecule has 3 rings (SSSR count). The highest BCUT2D eigenvalue weighted by Gasteiger charge is 2.24. The number of para-hydroxylation sites is 1. The number of rotatable bonds is 2. The van der Waals surface area contributed by atoms with E-state index in [2.05, 4.69) is 5.32 Å². The molecule has 1 atom stereocenters. The van der Waals surface area contributed by atoms with Crippen LogP contribution in [0.5, 0.6) is 5.75 Å². The summed E-state index contributed by atoms with van der Waals surface area (Å²) in [6.45, 7) is 2.33. The SMILES string of the molecule is Cc1ccc(C(=O)NC2CCOc3ccccc32)c(F)c1. The topological polar surface area (TPSA) is 38.3 Å². The van der Waals surface area contributed by atoms with Crippen LogP contribution in [-0.2, 0) is 0 Å². The van der Waals surface area contributed by atoms with Crippen molar-refractivity contribution in [2.45, 2.75) is 19.4 Å². The van der Waals surface area contributed by atoms with Gasteiger partial charge in [0.15, 0.2) is 0 Å². The van der Waals surface area contributed by atoms with Gasteiger partial charge < -0.3 is 10.1 Å². The maximum absolute atomic E-state index is 13.9.